The van der Waals surface area contributed by atoms with E-state index in [-0.39, 0.29) is 5.78 Å². The topological polar surface area (TPSA) is 21.5 Å². The highest BCUT2D eigenvalue weighted by Gasteiger charge is 2.11. The van der Waals surface area contributed by atoms with Crippen LogP contribution in [-0.4, -0.2) is 10.2 Å². The van der Waals surface area contributed by atoms with Gasteiger partial charge in [0.1, 0.15) is 0 Å². The predicted molar refractivity (Wildman–Crippen MR) is 138 cm³/mol. The summed E-state index contributed by atoms with van der Waals surface area (Å²) in [6.07, 6.45) is 3.32. The van der Waals surface area contributed by atoms with Gasteiger partial charge < -0.3 is 4.40 Å². The van der Waals surface area contributed by atoms with E-state index >= 15 is 0 Å². The Balaban J connectivity index is 0.000000160. The molecule has 3 heteroatoms. The van der Waals surface area contributed by atoms with E-state index in [9.17, 15) is 4.79 Å². The van der Waals surface area contributed by atoms with E-state index in [0.29, 0.717) is 16.1 Å². The van der Waals surface area contributed by atoms with Gasteiger partial charge in [-0.05, 0) is 48.7 Å². The monoisotopic (exact) mass is 451 g/mol. The zero-order valence-electron chi connectivity index (χ0n) is 18.8. The van der Waals surface area contributed by atoms with Gasteiger partial charge >= 0.3 is 0 Å². The van der Waals surface area contributed by atoms with Gasteiger partial charge in [0.2, 0.25) is 0 Å². The Morgan fingerprint density at radius 2 is 1.45 bits per heavy atom. The van der Waals surface area contributed by atoms with Crippen molar-refractivity contribution in [2.45, 2.75) is 20.3 Å². The first-order valence-corrected chi connectivity index (χ1v) is 11.5. The number of halogens is 1. The van der Waals surface area contributed by atoms with E-state index in [2.05, 4.69) is 73.0 Å². The fourth-order valence-corrected chi connectivity index (χ4v) is 4.08. The Morgan fingerprint density at radius 3 is 2.12 bits per heavy atom. The average Bonchev–Trinajstić information content (AvgIpc) is 3.21. The minimum atomic E-state index is -0.0406. The Labute approximate surface area is 200 Å². The Morgan fingerprint density at radius 1 is 0.818 bits per heavy atom. The second-order valence-electron chi connectivity index (χ2n) is 7.87. The molecule has 0 spiro atoms. The molecule has 0 N–H and O–H groups in total. The molecule has 0 aliphatic heterocycles. The molecule has 5 aromatic rings. The van der Waals surface area contributed by atoms with Gasteiger partial charge in [0.25, 0.3) is 0 Å². The number of carbonyl (C=O) groups is 1. The van der Waals surface area contributed by atoms with Crippen molar-refractivity contribution >= 4 is 22.9 Å². The first-order chi connectivity index (χ1) is 16.1. The van der Waals surface area contributed by atoms with Crippen LogP contribution in [0.2, 0.25) is 5.02 Å². The molecule has 5 rings (SSSR count). The highest BCUT2D eigenvalue weighted by atomic mass is 35.5. The molecular weight excluding hydrogens is 426 g/mol. The molecule has 33 heavy (non-hydrogen) atoms. The molecule has 0 unspecified atom stereocenters. The van der Waals surface area contributed by atoms with Crippen molar-refractivity contribution in [1.82, 2.24) is 4.40 Å². The van der Waals surface area contributed by atoms with Crippen molar-refractivity contribution in [3.8, 4) is 11.1 Å². The van der Waals surface area contributed by atoms with Gasteiger partial charge in [-0.25, -0.2) is 0 Å². The van der Waals surface area contributed by atoms with Crippen LogP contribution in [0.15, 0.2) is 109 Å². The molecule has 2 heterocycles. The number of aromatic nitrogens is 1. The van der Waals surface area contributed by atoms with Crippen LogP contribution in [0.1, 0.15) is 34.1 Å². The summed E-state index contributed by atoms with van der Waals surface area (Å²) >= 11 is 5.95. The van der Waals surface area contributed by atoms with Crippen molar-refractivity contribution in [3.63, 3.8) is 0 Å². The van der Waals surface area contributed by atoms with Gasteiger partial charge in [-0.15, -0.1) is 0 Å². The molecule has 0 aliphatic rings. The number of hydrogen-bond acceptors (Lipinski definition) is 1. The van der Waals surface area contributed by atoms with Gasteiger partial charge in [0.05, 0.1) is 5.02 Å². The Bertz CT molecular complexity index is 1370. The van der Waals surface area contributed by atoms with E-state index < -0.39 is 0 Å². The van der Waals surface area contributed by atoms with Crippen LogP contribution in [0, 0.1) is 6.92 Å². The highest BCUT2D eigenvalue weighted by molar-refractivity contribution is 6.34. The summed E-state index contributed by atoms with van der Waals surface area (Å²) in [5.41, 5.74) is 7.77. The quantitative estimate of drug-likeness (QED) is 0.253. The van der Waals surface area contributed by atoms with Crippen molar-refractivity contribution in [1.29, 1.82) is 0 Å². The van der Waals surface area contributed by atoms with Crippen LogP contribution in [0.5, 0.6) is 0 Å². The number of aryl methyl sites for hydroxylation is 2. The van der Waals surface area contributed by atoms with Crippen LogP contribution < -0.4 is 0 Å². The third kappa shape index (κ3) is 5.08. The summed E-state index contributed by atoms with van der Waals surface area (Å²) in [4.78, 5) is 12.0. The average molecular weight is 452 g/mol. The smallest absolute Gasteiger partial charge is 0.194 e. The zero-order valence-corrected chi connectivity index (χ0v) is 19.6. The maximum atomic E-state index is 12.0. The number of benzene rings is 3. The third-order valence-corrected chi connectivity index (χ3v) is 6.06. The van der Waals surface area contributed by atoms with E-state index in [0.717, 1.165) is 6.42 Å². The maximum absolute atomic E-state index is 12.0. The van der Waals surface area contributed by atoms with Crippen molar-refractivity contribution < 1.29 is 4.79 Å². The van der Waals surface area contributed by atoms with Gasteiger partial charge in [-0.1, -0.05) is 97.4 Å². The second-order valence-corrected chi connectivity index (χ2v) is 8.28. The largest absolute Gasteiger partial charge is 0.320 e. The number of ketones is 1. The summed E-state index contributed by atoms with van der Waals surface area (Å²) in [6.45, 7) is 4.38. The number of nitrogens with zero attached hydrogens (tertiary/aromatic N) is 1. The lowest BCUT2D eigenvalue weighted by Crippen LogP contribution is -2.01. The lowest BCUT2D eigenvalue weighted by Gasteiger charge is -2.03. The third-order valence-electron chi connectivity index (χ3n) is 5.73. The number of pyridine rings is 1. The summed E-state index contributed by atoms with van der Waals surface area (Å²) < 4.78 is 2.29. The Hall–Kier alpha value is -3.62. The number of fused-ring (bicyclic) bond motifs is 1. The summed E-state index contributed by atoms with van der Waals surface area (Å²) in [5.74, 6) is -0.0406. The lowest BCUT2D eigenvalue weighted by molar-refractivity contribution is 0.103. The number of hydrogen-bond donors (Lipinski definition) is 0. The van der Waals surface area contributed by atoms with Crippen LogP contribution in [0.3, 0.4) is 0 Å². The van der Waals surface area contributed by atoms with Crippen LogP contribution in [-0.2, 0) is 6.42 Å². The molecule has 2 aromatic heterocycles. The fraction of sp³-hybridized carbons (Fsp3) is 0.100. The summed E-state index contributed by atoms with van der Waals surface area (Å²) in [5, 5.41) is 0.492. The van der Waals surface area contributed by atoms with Crippen LogP contribution in [0.25, 0.3) is 16.6 Å². The molecule has 0 atom stereocenters. The Kier molecular flexibility index (Phi) is 7.07. The second kappa shape index (κ2) is 10.3. The molecule has 164 valence electrons. The van der Waals surface area contributed by atoms with Crippen molar-refractivity contribution in [2.75, 3.05) is 0 Å². The molecule has 0 saturated carbocycles. The van der Waals surface area contributed by atoms with Crippen molar-refractivity contribution in [2.24, 2.45) is 0 Å². The number of rotatable bonds is 4. The van der Waals surface area contributed by atoms with Crippen LogP contribution in [0.4, 0.5) is 0 Å². The maximum Gasteiger partial charge on any atom is 0.194 e. The highest BCUT2D eigenvalue weighted by Crippen LogP contribution is 2.27. The van der Waals surface area contributed by atoms with Gasteiger partial charge in [-0.3, -0.25) is 4.79 Å². The standard InChI is InChI=1S/C17H17N.C13H9ClO/c1-3-14-9-10-16-11-17(13(2)18(16)12-14)15-7-5-4-6-8-15;14-12-9-5-4-8-11(12)13(15)10-6-2-1-3-7-10/h4-12H,3H2,1-2H3;1-9H. The normalized spacial score (nSPS) is 10.5. The first-order valence-electron chi connectivity index (χ1n) is 11.1. The molecule has 2 nitrogen and oxygen atoms in total. The molecule has 0 bridgehead atoms. The predicted octanol–water partition coefficient (Wildman–Crippen LogP) is 8.05. The summed E-state index contributed by atoms with van der Waals surface area (Å²) in [7, 11) is 0. The fourth-order valence-electron chi connectivity index (χ4n) is 3.86. The molecular formula is C30H26ClNO. The van der Waals surface area contributed by atoms with Gasteiger partial charge in [0, 0.05) is 34.1 Å². The van der Waals surface area contributed by atoms with Crippen molar-refractivity contribution in [3.05, 3.63) is 137 Å². The van der Waals surface area contributed by atoms with Gasteiger partial charge in [-0.2, -0.15) is 0 Å². The molecule has 3 aromatic carbocycles. The SMILES string of the molecule is CCc1ccc2cc(-c3ccccc3)c(C)n2c1.O=C(c1ccccc1)c1ccccc1Cl. The van der Waals surface area contributed by atoms with Crippen LogP contribution >= 0.6 is 11.6 Å². The van der Waals surface area contributed by atoms with Gasteiger partial charge in [0.15, 0.2) is 5.78 Å². The van der Waals surface area contributed by atoms with E-state index in [1.807, 2.05) is 30.3 Å². The van der Waals surface area contributed by atoms with E-state index in [4.69, 9.17) is 11.6 Å². The summed E-state index contributed by atoms with van der Waals surface area (Å²) in [6, 6.07) is 33.5. The molecule has 0 saturated heterocycles. The minimum absolute atomic E-state index is 0.0406. The van der Waals surface area contributed by atoms with E-state index in [1.165, 1.54) is 27.9 Å². The minimum Gasteiger partial charge on any atom is -0.320 e. The van der Waals surface area contributed by atoms with E-state index in [1.54, 1.807) is 24.3 Å². The lowest BCUT2D eigenvalue weighted by atomic mass is 10.0. The molecule has 0 fully saturated rings. The molecule has 0 amide bonds. The first kappa shape index (κ1) is 22.6. The number of carbonyl (C=O) groups excluding carboxylic acids is 1. The zero-order chi connectivity index (χ0) is 23.2. The molecule has 0 radical (unpaired) electrons. The molecule has 0 aliphatic carbocycles.